The van der Waals surface area contributed by atoms with E-state index in [2.05, 4.69) is 14.9 Å². The van der Waals surface area contributed by atoms with Crippen molar-refractivity contribution < 1.29 is 18.3 Å². The summed E-state index contributed by atoms with van der Waals surface area (Å²) >= 11 is 5.77. The number of anilines is 1. The van der Waals surface area contributed by atoms with Crippen LogP contribution in [0.3, 0.4) is 0 Å². The van der Waals surface area contributed by atoms with Crippen molar-refractivity contribution in [1.82, 2.24) is 10.2 Å². The third-order valence-corrected chi connectivity index (χ3v) is 4.08. The molecule has 0 aliphatic heterocycles. The number of aromatic carboxylic acids is 1. The Hall–Kier alpha value is -2.57. The zero-order chi connectivity index (χ0) is 15.6. The van der Waals surface area contributed by atoms with Gasteiger partial charge in [-0.15, -0.1) is 0 Å². The molecular weight excluding hydrogens is 320 g/mol. The van der Waals surface area contributed by atoms with E-state index in [9.17, 15) is 13.2 Å². The van der Waals surface area contributed by atoms with Crippen molar-refractivity contribution in [2.75, 3.05) is 4.72 Å². The summed E-state index contributed by atoms with van der Waals surface area (Å²) in [5, 5.41) is 23.1. The van der Waals surface area contributed by atoms with Crippen LogP contribution in [0.1, 0.15) is 16.1 Å². The highest BCUT2D eigenvalue weighted by molar-refractivity contribution is 7.92. The molecule has 0 amide bonds. The third kappa shape index (κ3) is 3.13. The molecule has 3 N–H and O–H groups in total. The zero-order valence-corrected chi connectivity index (χ0v) is 11.7. The first-order chi connectivity index (χ1) is 9.83. The number of halogens is 1. The molecule has 0 aliphatic rings. The Morgan fingerprint density at radius 3 is 2.67 bits per heavy atom. The summed E-state index contributed by atoms with van der Waals surface area (Å²) in [5.41, 5.74) is -0.117. The van der Waals surface area contributed by atoms with E-state index in [1.54, 1.807) is 0 Å². The van der Waals surface area contributed by atoms with Gasteiger partial charge in [-0.05, 0) is 18.2 Å². The maximum atomic E-state index is 12.1. The van der Waals surface area contributed by atoms with Crippen LogP contribution < -0.4 is 4.72 Å². The summed E-state index contributed by atoms with van der Waals surface area (Å²) in [7, 11) is -3.99. The van der Waals surface area contributed by atoms with Gasteiger partial charge in [0.25, 0.3) is 10.0 Å². The van der Waals surface area contributed by atoms with Crippen LogP contribution in [-0.4, -0.2) is 29.7 Å². The van der Waals surface area contributed by atoms with Gasteiger partial charge in [0.2, 0.25) is 0 Å². The number of hydrogen-bond donors (Lipinski definition) is 3. The quantitative estimate of drug-likeness (QED) is 0.777. The Morgan fingerprint density at radius 2 is 2.14 bits per heavy atom. The average molecular weight is 327 g/mol. The molecule has 1 aromatic carbocycles. The molecule has 2 rings (SSSR count). The fourth-order valence-electron chi connectivity index (χ4n) is 1.43. The summed E-state index contributed by atoms with van der Waals surface area (Å²) in [6.07, 6.45) is 0. The van der Waals surface area contributed by atoms with Crippen molar-refractivity contribution in [2.24, 2.45) is 0 Å². The predicted octanol–water partition coefficient (Wildman–Crippen LogP) is 1.43. The molecule has 0 atom stereocenters. The Morgan fingerprint density at radius 1 is 1.43 bits per heavy atom. The lowest BCUT2D eigenvalue weighted by molar-refractivity contribution is 0.0690. The van der Waals surface area contributed by atoms with Crippen molar-refractivity contribution in [2.45, 2.75) is 4.90 Å². The van der Waals surface area contributed by atoms with Gasteiger partial charge in [-0.3, -0.25) is 9.82 Å². The third-order valence-electron chi connectivity index (χ3n) is 2.42. The minimum Gasteiger partial charge on any atom is -0.477 e. The molecule has 0 spiro atoms. The molecule has 10 heteroatoms. The van der Waals surface area contributed by atoms with Crippen molar-refractivity contribution >= 4 is 33.4 Å². The SMILES string of the molecule is N#Cc1ccc(S(=O)(=O)Nc2cc(C(=O)O)[nH]n2)cc1Cl. The number of hydrogen-bond acceptors (Lipinski definition) is 5. The normalized spacial score (nSPS) is 10.9. The molecule has 0 bridgehead atoms. The highest BCUT2D eigenvalue weighted by atomic mass is 35.5. The molecule has 108 valence electrons. The van der Waals surface area contributed by atoms with Crippen LogP contribution in [-0.2, 0) is 10.0 Å². The van der Waals surface area contributed by atoms with Gasteiger partial charge in [-0.2, -0.15) is 10.4 Å². The molecule has 0 saturated carbocycles. The number of aromatic nitrogens is 2. The van der Waals surface area contributed by atoms with E-state index >= 15 is 0 Å². The van der Waals surface area contributed by atoms with Gasteiger partial charge in [-0.1, -0.05) is 11.6 Å². The molecule has 21 heavy (non-hydrogen) atoms. The minimum absolute atomic E-state index is 0.00590. The number of carboxylic acids is 1. The van der Waals surface area contributed by atoms with E-state index in [0.717, 1.165) is 12.1 Å². The zero-order valence-electron chi connectivity index (χ0n) is 10.2. The second-order valence-electron chi connectivity index (χ2n) is 3.83. The van der Waals surface area contributed by atoms with E-state index in [0.29, 0.717) is 0 Å². The lowest BCUT2D eigenvalue weighted by Gasteiger charge is -2.06. The van der Waals surface area contributed by atoms with Gasteiger partial charge < -0.3 is 5.11 Å². The molecule has 8 nitrogen and oxygen atoms in total. The Kier molecular flexibility index (Phi) is 3.84. The molecule has 0 unspecified atom stereocenters. The van der Waals surface area contributed by atoms with Crippen molar-refractivity contribution in [3.8, 4) is 6.07 Å². The van der Waals surface area contributed by atoms with E-state index in [1.807, 2.05) is 6.07 Å². The van der Waals surface area contributed by atoms with Gasteiger partial charge in [0.05, 0.1) is 15.5 Å². The average Bonchev–Trinajstić information content (AvgIpc) is 2.86. The number of H-pyrrole nitrogens is 1. The molecular formula is C11H7ClN4O4S. The van der Waals surface area contributed by atoms with Crippen molar-refractivity contribution in [3.05, 3.63) is 40.5 Å². The molecule has 1 aromatic heterocycles. The Bertz CT molecular complexity index is 853. The summed E-state index contributed by atoms with van der Waals surface area (Å²) in [4.78, 5) is 10.5. The first kappa shape index (κ1) is 14.8. The van der Waals surface area contributed by atoms with Crippen molar-refractivity contribution in [1.29, 1.82) is 5.26 Å². The van der Waals surface area contributed by atoms with Crippen LogP contribution in [0.25, 0.3) is 0 Å². The number of nitrogens with zero attached hydrogens (tertiary/aromatic N) is 2. The summed E-state index contributed by atoms with van der Waals surface area (Å²) in [6.45, 7) is 0. The second kappa shape index (κ2) is 5.43. The second-order valence-corrected chi connectivity index (χ2v) is 5.92. The summed E-state index contributed by atoms with van der Waals surface area (Å²) < 4.78 is 26.3. The predicted molar refractivity (Wildman–Crippen MR) is 72.5 cm³/mol. The molecule has 2 aromatic rings. The maximum absolute atomic E-state index is 12.1. The lowest BCUT2D eigenvalue weighted by atomic mass is 10.2. The number of sulfonamides is 1. The topological polar surface area (TPSA) is 136 Å². The minimum atomic E-state index is -3.99. The molecule has 0 radical (unpaired) electrons. The van der Waals surface area contributed by atoms with E-state index in [1.165, 1.54) is 12.1 Å². The number of carboxylic acid groups (broad SMARTS) is 1. The number of nitrogens with one attached hydrogen (secondary N) is 2. The van der Waals surface area contributed by atoms with Crippen LogP contribution in [0.5, 0.6) is 0 Å². The number of rotatable bonds is 4. The highest BCUT2D eigenvalue weighted by Crippen LogP contribution is 2.22. The van der Waals surface area contributed by atoms with E-state index < -0.39 is 16.0 Å². The molecule has 0 fully saturated rings. The van der Waals surface area contributed by atoms with Crippen LogP contribution in [0, 0.1) is 11.3 Å². The largest absolute Gasteiger partial charge is 0.477 e. The monoisotopic (exact) mass is 326 g/mol. The first-order valence-electron chi connectivity index (χ1n) is 5.34. The van der Waals surface area contributed by atoms with Crippen LogP contribution in [0.15, 0.2) is 29.2 Å². The van der Waals surface area contributed by atoms with Gasteiger partial charge >= 0.3 is 5.97 Å². The first-order valence-corrected chi connectivity index (χ1v) is 7.21. The van der Waals surface area contributed by atoms with Gasteiger partial charge in [0.1, 0.15) is 11.8 Å². The number of aromatic amines is 1. The maximum Gasteiger partial charge on any atom is 0.353 e. The number of benzene rings is 1. The van der Waals surface area contributed by atoms with E-state index in [4.69, 9.17) is 22.0 Å². The molecule has 0 aliphatic carbocycles. The molecule has 1 heterocycles. The summed E-state index contributed by atoms with van der Waals surface area (Å²) in [6, 6.07) is 6.43. The fourth-order valence-corrected chi connectivity index (χ4v) is 2.74. The number of carbonyl (C=O) groups is 1. The van der Waals surface area contributed by atoms with E-state index in [-0.39, 0.29) is 27.0 Å². The standard InChI is InChI=1S/C11H7ClN4O4S/c12-8-3-7(2-1-6(8)5-13)21(19,20)16-10-4-9(11(17)18)14-15-10/h1-4H,(H,17,18)(H2,14,15,16). The van der Waals surface area contributed by atoms with Gasteiger partial charge in [0, 0.05) is 6.07 Å². The van der Waals surface area contributed by atoms with Crippen LogP contribution >= 0.6 is 11.6 Å². The van der Waals surface area contributed by atoms with Crippen molar-refractivity contribution in [3.63, 3.8) is 0 Å². The van der Waals surface area contributed by atoms with Crippen LogP contribution in [0.4, 0.5) is 5.82 Å². The summed E-state index contributed by atoms with van der Waals surface area (Å²) in [5.74, 6) is -1.44. The van der Waals surface area contributed by atoms with Gasteiger partial charge in [0.15, 0.2) is 5.82 Å². The van der Waals surface area contributed by atoms with Crippen LogP contribution in [0.2, 0.25) is 5.02 Å². The smallest absolute Gasteiger partial charge is 0.353 e. The number of nitriles is 1. The highest BCUT2D eigenvalue weighted by Gasteiger charge is 2.18. The lowest BCUT2D eigenvalue weighted by Crippen LogP contribution is -2.13. The molecule has 0 saturated heterocycles. The Labute approximate surface area is 124 Å². The fraction of sp³-hybridized carbons (Fsp3) is 0. The van der Waals surface area contributed by atoms with Gasteiger partial charge in [-0.25, -0.2) is 13.2 Å². The Balaban J connectivity index is 2.31.